The van der Waals surface area contributed by atoms with E-state index in [9.17, 15) is 9.59 Å². The van der Waals surface area contributed by atoms with Crippen molar-refractivity contribution in [3.05, 3.63) is 63.6 Å². The van der Waals surface area contributed by atoms with Crippen LogP contribution in [0, 0.1) is 0 Å². The number of hydrogen-bond donors (Lipinski definition) is 1. The van der Waals surface area contributed by atoms with Crippen LogP contribution in [0.15, 0.2) is 42.5 Å². The fourth-order valence-corrected chi connectivity index (χ4v) is 2.01. The van der Waals surface area contributed by atoms with Gasteiger partial charge in [-0.1, -0.05) is 23.2 Å². The van der Waals surface area contributed by atoms with Crippen LogP contribution in [0.25, 0.3) is 0 Å². The zero-order valence-electron chi connectivity index (χ0n) is 10.6. The Bertz CT molecular complexity index is 666. The van der Waals surface area contributed by atoms with Gasteiger partial charge in [0.05, 0.1) is 10.0 Å². The molecular weight excluding hydrogens is 297 g/mol. The van der Waals surface area contributed by atoms with Crippen LogP contribution in [0.2, 0.25) is 10.0 Å². The molecule has 5 heteroatoms. The van der Waals surface area contributed by atoms with E-state index in [1.54, 1.807) is 36.4 Å². The average Bonchev–Trinajstić information content (AvgIpc) is 2.41. The summed E-state index contributed by atoms with van der Waals surface area (Å²) in [4.78, 5) is 23.2. The number of nitrogens with one attached hydrogen (secondary N) is 1. The van der Waals surface area contributed by atoms with Crippen molar-refractivity contribution in [2.24, 2.45) is 0 Å². The van der Waals surface area contributed by atoms with Gasteiger partial charge in [0.15, 0.2) is 5.78 Å². The van der Waals surface area contributed by atoms with E-state index >= 15 is 0 Å². The van der Waals surface area contributed by atoms with Crippen molar-refractivity contribution >= 4 is 40.6 Å². The highest BCUT2D eigenvalue weighted by Crippen LogP contribution is 2.24. The van der Waals surface area contributed by atoms with E-state index in [1.807, 2.05) is 0 Å². The third-order valence-corrected chi connectivity index (χ3v) is 3.39. The first-order valence-electron chi connectivity index (χ1n) is 5.85. The molecule has 0 saturated heterocycles. The summed E-state index contributed by atoms with van der Waals surface area (Å²) in [5.74, 6) is -0.313. The molecular formula is C15H11Cl2NO2. The second-order valence-corrected chi connectivity index (χ2v) is 5.03. The molecule has 0 spiro atoms. The highest BCUT2D eigenvalue weighted by atomic mass is 35.5. The Labute approximate surface area is 126 Å². The molecule has 1 amide bonds. The molecule has 2 rings (SSSR count). The fraction of sp³-hybridized carbons (Fsp3) is 0.0667. The summed E-state index contributed by atoms with van der Waals surface area (Å²) in [6.07, 6.45) is 0. The minimum atomic E-state index is -0.159. The van der Waals surface area contributed by atoms with Gasteiger partial charge in [-0.3, -0.25) is 9.59 Å². The lowest BCUT2D eigenvalue weighted by atomic mass is 10.0. The van der Waals surface area contributed by atoms with E-state index in [0.717, 1.165) is 0 Å². The normalized spacial score (nSPS) is 10.2. The molecule has 0 fully saturated rings. The lowest BCUT2D eigenvalue weighted by molar-refractivity contribution is -0.114. The summed E-state index contributed by atoms with van der Waals surface area (Å²) < 4.78 is 0. The molecule has 0 unspecified atom stereocenters. The molecule has 1 N–H and O–H groups in total. The van der Waals surface area contributed by atoms with Crippen LogP contribution >= 0.6 is 23.2 Å². The largest absolute Gasteiger partial charge is 0.326 e. The monoisotopic (exact) mass is 307 g/mol. The van der Waals surface area contributed by atoms with Crippen molar-refractivity contribution in [2.75, 3.05) is 5.32 Å². The molecule has 0 aliphatic carbocycles. The first kappa shape index (κ1) is 14.6. The number of rotatable bonds is 3. The summed E-state index contributed by atoms with van der Waals surface area (Å²) in [5.41, 5.74) is 1.62. The molecule has 0 heterocycles. The van der Waals surface area contributed by atoms with Crippen LogP contribution in [-0.4, -0.2) is 11.7 Å². The van der Waals surface area contributed by atoms with Gasteiger partial charge < -0.3 is 5.32 Å². The van der Waals surface area contributed by atoms with Gasteiger partial charge in [-0.2, -0.15) is 0 Å². The van der Waals surface area contributed by atoms with Crippen molar-refractivity contribution < 1.29 is 9.59 Å². The van der Waals surface area contributed by atoms with E-state index in [1.165, 1.54) is 13.0 Å². The molecule has 20 heavy (non-hydrogen) atoms. The zero-order valence-corrected chi connectivity index (χ0v) is 12.1. The number of ketones is 1. The van der Waals surface area contributed by atoms with Crippen LogP contribution in [-0.2, 0) is 4.79 Å². The Hall–Kier alpha value is -1.84. The molecule has 0 aromatic heterocycles. The minimum Gasteiger partial charge on any atom is -0.326 e. The molecule has 0 bridgehead atoms. The number of carbonyl (C=O) groups excluding carboxylic acids is 2. The maximum Gasteiger partial charge on any atom is 0.221 e. The van der Waals surface area contributed by atoms with Gasteiger partial charge in [0.25, 0.3) is 0 Å². The third-order valence-electron chi connectivity index (χ3n) is 2.65. The summed E-state index contributed by atoms with van der Waals surface area (Å²) in [6, 6.07) is 11.4. The Balaban J connectivity index is 2.24. The van der Waals surface area contributed by atoms with Crippen molar-refractivity contribution in [2.45, 2.75) is 6.92 Å². The van der Waals surface area contributed by atoms with Gasteiger partial charge >= 0.3 is 0 Å². The Kier molecular flexibility index (Phi) is 4.42. The van der Waals surface area contributed by atoms with Crippen molar-refractivity contribution in [1.29, 1.82) is 0 Å². The maximum atomic E-state index is 12.3. The number of hydrogen-bond acceptors (Lipinski definition) is 2. The van der Waals surface area contributed by atoms with E-state index in [-0.39, 0.29) is 11.7 Å². The van der Waals surface area contributed by atoms with Crippen molar-refractivity contribution in [1.82, 2.24) is 0 Å². The zero-order chi connectivity index (χ0) is 14.7. The van der Waals surface area contributed by atoms with Crippen LogP contribution in [0.5, 0.6) is 0 Å². The molecule has 0 saturated carbocycles. The summed E-state index contributed by atoms with van der Waals surface area (Å²) >= 11 is 11.7. The molecule has 0 aliphatic heterocycles. The number of carbonyl (C=O) groups is 2. The average molecular weight is 308 g/mol. The fourth-order valence-electron chi connectivity index (χ4n) is 1.71. The summed E-state index contributed by atoms with van der Waals surface area (Å²) in [7, 11) is 0. The molecule has 0 aliphatic rings. The number of amides is 1. The predicted molar refractivity (Wildman–Crippen MR) is 80.6 cm³/mol. The first-order valence-corrected chi connectivity index (χ1v) is 6.60. The Morgan fingerprint density at radius 2 is 1.50 bits per heavy atom. The van der Waals surface area contributed by atoms with Crippen LogP contribution < -0.4 is 5.32 Å². The molecule has 102 valence electrons. The number of halogens is 2. The molecule has 0 radical (unpaired) electrons. The quantitative estimate of drug-likeness (QED) is 0.865. The minimum absolute atomic E-state index is 0.155. The van der Waals surface area contributed by atoms with Gasteiger partial charge in [0, 0.05) is 23.7 Å². The molecule has 3 nitrogen and oxygen atoms in total. The van der Waals surface area contributed by atoms with Crippen molar-refractivity contribution in [3.63, 3.8) is 0 Å². The summed E-state index contributed by atoms with van der Waals surface area (Å²) in [5, 5.41) is 3.39. The van der Waals surface area contributed by atoms with Crippen LogP contribution in [0.3, 0.4) is 0 Å². The number of anilines is 1. The van der Waals surface area contributed by atoms with Crippen LogP contribution in [0.4, 0.5) is 5.69 Å². The Morgan fingerprint density at radius 3 is 2.05 bits per heavy atom. The van der Waals surface area contributed by atoms with Gasteiger partial charge in [0.2, 0.25) is 5.91 Å². The van der Waals surface area contributed by atoms with Gasteiger partial charge in [-0.15, -0.1) is 0 Å². The van der Waals surface area contributed by atoms with Gasteiger partial charge in [-0.05, 0) is 42.5 Å². The van der Waals surface area contributed by atoms with E-state index in [4.69, 9.17) is 23.2 Å². The second-order valence-electron chi connectivity index (χ2n) is 4.22. The smallest absolute Gasteiger partial charge is 0.221 e. The first-order chi connectivity index (χ1) is 9.47. The van der Waals surface area contributed by atoms with E-state index in [2.05, 4.69) is 5.32 Å². The van der Waals surface area contributed by atoms with E-state index in [0.29, 0.717) is 26.9 Å². The van der Waals surface area contributed by atoms with Crippen LogP contribution in [0.1, 0.15) is 22.8 Å². The maximum absolute atomic E-state index is 12.3. The lowest BCUT2D eigenvalue weighted by Crippen LogP contribution is -2.06. The Morgan fingerprint density at radius 1 is 0.900 bits per heavy atom. The SMILES string of the molecule is CC(=O)Nc1ccc(C(=O)c2ccc(Cl)c(Cl)c2)cc1. The van der Waals surface area contributed by atoms with Gasteiger partial charge in [-0.25, -0.2) is 0 Å². The summed E-state index contributed by atoms with van der Waals surface area (Å²) in [6.45, 7) is 1.43. The second kappa shape index (κ2) is 6.07. The highest BCUT2D eigenvalue weighted by Gasteiger charge is 2.10. The predicted octanol–water partition coefficient (Wildman–Crippen LogP) is 4.18. The van der Waals surface area contributed by atoms with Crippen molar-refractivity contribution in [3.8, 4) is 0 Å². The third kappa shape index (κ3) is 3.38. The topological polar surface area (TPSA) is 46.2 Å². The number of benzene rings is 2. The molecule has 0 atom stereocenters. The highest BCUT2D eigenvalue weighted by molar-refractivity contribution is 6.42. The van der Waals surface area contributed by atoms with Gasteiger partial charge in [0.1, 0.15) is 0 Å². The van der Waals surface area contributed by atoms with E-state index < -0.39 is 0 Å². The molecule has 2 aromatic carbocycles. The lowest BCUT2D eigenvalue weighted by Gasteiger charge is -2.05. The standard InChI is InChI=1S/C15H11Cl2NO2/c1-9(19)18-12-5-2-10(3-6-12)15(20)11-4-7-13(16)14(17)8-11/h2-8H,1H3,(H,18,19). The molecule has 2 aromatic rings.